The molecule has 0 saturated carbocycles. The molecule has 148 valence electrons. The Labute approximate surface area is 167 Å². The van der Waals surface area contributed by atoms with Crippen molar-refractivity contribution in [2.24, 2.45) is 5.92 Å². The van der Waals surface area contributed by atoms with Crippen LogP contribution in [0.2, 0.25) is 0 Å². The molecule has 7 nitrogen and oxygen atoms in total. The second-order valence-electron chi connectivity index (χ2n) is 7.06. The number of allylic oxidation sites excluding steroid dienone is 4. The summed E-state index contributed by atoms with van der Waals surface area (Å²) in [6, 6.07) is 7.14. The lowest BCUT2D eigenvalue weighted by Gasteiger charge is -2.22. The summed E-state index contributed by atoms with van der Waals surface area (Å²) in [5.74, 6) is -0.0224. The molecule has 0 aliphatic heterocycles. The third-order valence-electron chi connectivity index (χ3n) is 5.14. The number of hydrogen-bond acceptors (Lipinski definition) is 4. The molecule has 2 aromatic heterocycles. The van der Waals surface area contributed by atoms with Crippen LogP contribution in [0.5, 0.6) is 0 Å². The van der Waals surface area contributed by atoms with Gasteiger partial charge in [-0.2, -0.15) is 0 Å². The first-order chi connectivity index (χ1) is 14.1. The minimum Gasteiger partial charge on any atom is -0.395 e. The van der Waals surface area contributed by atoms with Crippen LogP contribution in [0.15, 0.2) is 65.9 Å². The van der Waals surface area contributed by atoms with Crippen molar-refractivity contribution in [3.8, 4) is 11.1 Å². The highest BCUT2D eigenvalue weighted by atomic mass is 16.3. The van der Waals surface area contributed by atoms with Gasteiger partial charge in [0, 0.05) is 23.9 Å². The molecule has 2 heterocycles. The summed E-state index contributed by atoms with van der Waals surface area (Å²) in [6.07, 6.45) is 11.6. The van der Waals surface area contributed by atoms with Crippen molar-refractivity contribution in [3.63, 3.8) is 0 Å². The van der Waals surface area contributed by atoms with Crippen LogP contribution in [0.4, 0.5) is 0 Å². The van der Waals surface area contributed by atoms with E-state index in [0.717, 1.165) is 11.1 Å². The van der Waals surface area contributed by atoms with Crippen molar-refractivity contribution in [1.29, 1.82) is 0 Å². The van der Waals surface area contributed by atoms with Gasteiger partial charge in [0.25, 0.3) is 11.5 Å². The number of aromatic nitrogens is 3. The number of aliphatic hydroxyl groups excluding tert-OH is 1. The summed E-state index contributed by atoms with van der Waals surface area (Å²) in [6.45, 7) is 2.18. The monoisotopic (exact) mass is 390 g/mol. The molecule has 1 amide bonds. The highest BCUT2D eigenvalue weighted by Gasteiger charge is 2.22. The summed E-state index contributed by atoms with van der Waals surface area (Å²) in [5, 5.41) is 12.1. The molecule has 1 aliphatic rings. The van der Waals surface area contributed by atoms with E-state index in [9.17, 15) is 9.59 Å². The van der Waals surface area contributed by atoms with Crippen molar-refractivity contribution in [2.75, 3.05) is 13.2 Å². The maximum absolute atomic E-state index is 12.7. The molecular weight excluding hydrogens is 368 g/mol. The fraction of sp³-hybridized carbons (Fsp3) is 0.227. The maximum atomic E-state index is 12.7. The van der Waals surface area contributed by atoms with E-state index in [1.54, 1.807) is 18.2 Å². The number of nitrogens with one attached hydrogen (secondary N) is 2. The molecule has 3 aromatic rings. The molecule has 0 spiro atoms. The standard InChI is InChI=1S/C22H22N4O3/c1-14-5-2-3-8-18(14)26-12-17(19-20(26)24-13-25-22(19)29)15-6-4-7-16(11-15)21(28)23-9-10-27/h2-8,11-14,18,27H,9-10H2,1H3,(H,23,28)(H,24,25,29). The summed E-state index contributed by atoms with van der Waals surface area (Å²) in [5.41, 5.74) is 2.33. The third-order valence-corrected chi connectivity index (χ3v) is 5.14. The third kappa shape index (κ3) is 3.52. The molecule has 2 unspecified atom stereocenters. The van der Waals surface area contributed by atoms with E-state index in [1.807, 2.05) is 29.0 Å². The van der Waals surface area contributed by atoms with Crippen molar-refractivity contribution in [1.82, 2.24) is 19.9 Å². The zero-order valence-corrected chi connectivity index (χ0v) is 16.0. The number of amides is 1. The molecule has 0 fully saturated rings. The molecule has 7 heteroatoms. The van der Waals surface area contributed by atoms with E-state index < -0.39 is 0 Å². The predicted molar refractivity (Wildman–Crippen MR) is 112 cm³/mol. The van der Waals surface area contributed by atoms with Crippen LogP contribution < -0.4 is 10.9 Å². The van der Waals surface area contributed by atoms with Gasteiger partial charge in [0.2, 0.25) is 0 Å². The van der Waals surface area contributed by atoms with Crippen LogP contribution in [0, 0.1) is 5.92 Å². The topological polar surface area (TPSA) is 100 Å². The number of carbonyl (C=O) groups is 1. The van der Waals surface area contributed by atoms with Gasteiger partial charge in [0.05, 0.1) is 24.4 Å². The Morgan fingerprint density at radius 2 is 2.14 bits per heavy atom. The largest absolute Gasteiger partial charge is 0.395 e. The smallest absolute Gasteiger partial charge is 0.260 e. The molecule has 0 bridgehead atoms. The molecule has 0 saturated heterocycles. The fourth-order valence-electron chi connectivity index (χ4n) is 3.69. The minimum atomic E-state index is -0.273. The Morgan fingerprint density at radius 3 is 2.93 bits per heavy atom. The van der Waals surface area contributed by atoms with Crippen LogP contribution in [0.1, 0.15) is 23.3 Å². The normalized spacial score (nSPS) is 18.3. The number of rotatable bonds is 5. The summed E-state index contributed by atoms with van der Waals surface area (Å²) < 4.78 is 2.02. The van der Waals surface area contributed by atoms with E-state index in [4.69, 9.17) is 5.11 Å². The van der Waals surface area contributed by atoms with Gasteiger partial charge in [-0.15, -0.1) is 0 Å². The van der Waals surface area contributed by atoms with E-state index in [0.29, 0.717) is 16.6 Å². The molecule has 0 radical (unpaired) electrons. The Kier molecular flexibility index (Phi) is 5.14. The number of benzene rings is 1. The zero-order chi connectivity index (χ0) is 20.4. The number of H-pyrrole nitrogens is 1. The summed E-state index contributed by atoms with van der Waals surface area (Å²) in [7, 11) is 0. The van der Waals surface area contributed by atoms with Gasteiger partial charge in [0.15, 0.2) is 0 Å². The highest BCUT2D eigenvalue weighted by molar-refractivity contribution is 5.98. The van der Waals surface area contributed by atoms with Gasteiger partial charge in [0.1, 0.15) is 5.65 Å². The quantitative estimate of drug-likeness (QED) is 0.623. The SMILES string of the molecule is CC1C=CC=CC1n1cc(-c2cccc(C(=O)NCCO)c2)c2c(=O)[nH]cnc21. The predicted octanol–water partition coefficient (Wildman–Crippen LogP) is 2.42. The van der Waals surface area contributed by atoms with Gasteiger partial charge >= 0.3 is 0 Å². The Morgan fingerprint density at radius 1 is 1.31 bits per heavy atom. The van der Waals surface area contributed by atoms with E-state index in [1.165, 1.54) is 6.33 Å². The lowest BCUT2D eigenvalue weighted by molar-refractivity contribution is 0.0945. The number of nitrogens with zero attached hydrogens (tertiary/aromatic N) is 2. The van der Waals surface area contributed by atoms with E-state index >= 15 is 0 Å². The number of aliphatic hydroxyl groups is 1. The van der Waals surface area contributed by atoms with Gasteiger partial charge in [-0.1, -0.05) is 43.4 Å². The van der Waals surface area contributed by atoms with Crippen LogP contribution >= 0.6 is 0 Å². The molecule has 1 aromatic carbocycles. The first-order valence-electron chi connectivity index (χ1n) is 9.53. The number of hydrogen-bond donors (Lipinski definition) is 3. The average molecular weight is 390 g/mol. The zero-order valence-electron chi connectivity index (χ0n) is 16.0. The minimum absolute atomic E-state index is 0.0431. The Hall–Kier alpha value is -3.45. The number of fused-ring (bicyclic) bond motifs is 1. The summed E-state index contributed by atoms with van der Waals surface area (Å²) >= 11 is 0. The van der Waals surface area contributed by atoms with Crippen molar-refractivity contribution in [2.45, 2.75) is 13.0 Å². The highest BCUT2D eigenvalue weighted by Crippen LogP contribution is 2.33. The van der Waals surface area contributed by atoms with Gasteiger partial charge in [-0.25, -0.2) is 4.98 Å². The van der Waals surface area contributed by atoms with Crippen LogP contribution in [0.3, 0.4) is 0 Å². The van der Waals surface area contributed by atoms with Crippen LogP contribution in [0.25, 0.3) is 22.2 Å². The number of aromatic amines is 1. The van der Waals surface area contributed by atoms with Gasteiger partial charge < -0.3 is 20.0 Å². The first kappa shape index (κ1) is 18.9. The fourth-order valence-corrected chi connectivity index (χ4v) is 3.69. The average Bonchev–Trinajstić information content (AvgIpc) is 3.13. The van der Waals surface area contributed by atoms with Crippen molar-refractivity contribution >= 4 is 16.9 Å². The first-order valence-corrected chi connectivity index (χ1v) is 9.53. The van der Waals surface area contributed by atoms with Crippen LogP contribution in [-0.4, -0.2) is 38.7 Å². The van der Waals surface area contributed by atoms with Gasteiger partial charge in [-0.05, 0) is 23.6 Å². The van der Waals surface area contributed by atoms with Crippen molar-refractivity contribution in [3.05, 3.63) is 77.0 Å². The molecular formula is C22H22N4O3. The van der Waals surface area contributed by atoms with Crippen molar-refractivity contribution < 1.29 is 9.90 Å². The van der Waals surface area contributed by atoms with Gasteiger partial charge in [-0.3, -0.25) is 9.59 Å². The summed E-state index contributed by atoms with van der Waals surface area (Å²) in [4.78, 5) is 32.0. The lowest BCUT2D eigenvalue weighted by Crippen LogP contribution is -2.26. The Bertz CT molecular complexity index is 1170. The van der Waals surface area contributed by atoms with E-state index in [-0.39, 0.29) is 36.6 Å². The second-order valence-corrected chi connectivity index (χ2v) is 7.06. The Balaban J connectivity index is 1.85. The lowest BCUT2D eigenvalue weighted by atomic mass is 9.97. The second kappa shape index (κ2) is 7.89. The molecule has 2 atom stereocenters. The molecule has 3 N–H and O–H groups in total. The molecule has 1 aliphatic carbocycles. The molecule has 4 rings (SSSR count). The maximum Gasteiger partial charge on any atom is 0.260 e. The van der Waals surface area contributed by atoms with E-state index in [2.05, 4.69) is 34.4 Å². The molecule has 29 heavy (non-hydrogen) atoms. The number of carbonyl (C=O) groups excluding carboxylic acids is 1. The van der Waals surface area contributed by atoms with Crippen LogP contribution in [-0.2, 0) is 0 Å².